The van der Waals surface area contributed by atoms with Gasteiger partial charge >= 0.3 is 0 Å². The molecule has 2 rings (SSSR count). The first-order chi connectivity index (χ1) is 8.84. The van der Waals surface area contributed by atoms with Crippen LogP contribution in [0.15, 0.2) is 30.3 Å². The third kappa shape index (κ3) is 4.50. The first kappa shape index (κ1) is 13.1. The topological polar surface area (TPSA) is 30.5 Å². The van der Waals surface area contributed by atoms with Crippen molar-refractivity contribution in [3.8, 4) is 11.8 Å². The van der Waals surface area contributed by atoms with Gasteiger partial charge in [0.05, 0.1) is 18.8 Å². The Hall–Kier alpha value is -1.34. The van der Waals surface area contributed by atoms with Gasteiger partial charge in [0.2, 0.25) is 0 Å². The molecule has 1 N–H and O–H groups in total. The maximum atomic E-state index is 5.72. The van der Waals surface area contributed by atoms with Crippen molar-refractivity contribution in [1.29, 1.82) is 0 Å². The first-order valence-electron chi connectivity index (χ1n) is 6.32. The lowest BCUT2D eigenvalue weighted by Crippen LogP contribution is -2.45. The van der Waals surface area contributed by atoms with Crippen LogP contribution in [0, 0.1) is 11.8 Å². The highest BCUT2D eigenvalue weighted by Gasteiger charge is 2.18. The summed E-state index contributed by atoms with van der Waals surface area (Å²) in [7, 11) is 0. The Morgan fingerprint density at radius 2 is 2.17 bits per heavy atom. The zero-order valence-corrected chi connectivity index (χ0v) is 10.7. The van der Waals surface area contributed by atoms with Gasteiger partial charge in [-0.05, 0) is 19.1 Å². The van der Waals surface area contributed by atoms with Crippen LogP contribution in [-0.2, 0) is 9.47 Å². The second-order valence-corrected chi connectivity index (χ2v) is 4.41. The highest BCUT2D eigenvalue weighted by Crippen LogP contribution is 2.03. The van der Waals surface area contributed by atoms with Crippen LogP contribution in [-0.4, -0.2) is 38.5 Å². The van der Waals surface area contributed by atoms with Crippen LogP contribution in [0.1, 0.15) is 12.5 Å². The van der Waals surface area contributed by atoms with E-state index in [0.29, 0.717) is 13.2 Å². The van der Waals surface area contributed by atoms with Gasteiger partial charge in [-0.2, -0.15) is 0 Å². The Morgan fingerprint density at radius 1 is 1.33 bits per heavy atom. The molecule has 18 heavy (non-hydrogen) atoms. The monoisotopic (exact) mass is 245 g/mol. The molecule has 1 aliphatic rings. The summed E-state index contributed by atoms with van der Waals surface area (Å²) in [5, 5.41) is 3.31. The van der Waals surface area contributed by atoms with Crippen LogP contribution in [0.4, 0.5) is 0 Å². The molecular weight excluding hydrogens is 226 g/mol. The van der Waals surface area contributed by atoms with Crippen molar-refractivity contribution in [1.82, 2.24) is 5.32 Å². The van der Waals surface area contributed by atoms with Gasteiger partial charge < -0.3 is 14.8 Å². The van der Waals surface area contributed by atoms with Crippen LogP contribution in [0.2, 0.25) is 0 Å². The second kappa shape index (κ2) is 7.17. The zero-order valence-electron chi connectivity index (χ0n) is 10.7. The van der Waals surface area contributed by atoms with E-state index in [9.17, 15) is 0 Å². The number of ether oxygens (including phenoxy) is 2. The fraction of sp³-hybridized carbons (Fsp3) is 0.467. The summed E-state index contributed by atoms with van der Waals surface area (Å²) < 4.78 is 11.2. The quantitative estimate of drug-likeness (QED) is 0.645. The smallest absolute Gasteiger partial charge is 0.108 e. The molecule has 1 fully saturated rings. The molecule has 0 aromatic heterocycles. The fourth-order valence-electron chi connectivity index (χ4n) is 1.87. The molecule has 0 saturated carbocycles. The third-order valence-corrected chi connectivity index (χ3v) is 2.71. The van der Waals surface area contributed by atoms with Gasteiger partial charge in [0.25, 0.3) is 0 Å². The van der Waals surface area contributed by atoms with Crippen molar-refractivity contribution in [2.24, 2.45) is 0 Å². The number of nitrogens with one attached hydrogen (secondary N) is 1. The molecule has 0 bridgehead atoms. The average Bonchev–Trinajstić information content (AvgIpc) is 2.40. The van der Waals surface area contributed by atoms with E-state index >= 15 is 0 Å². The van der Waals surface area contributed by atoms with E-state index in [4.69, 9.17) is 9.47 Å². The molecule has 2 unspecified atom stereocenters. The van der Waals surface area contributed by atoms with Gasteiger partial charge in [0.15, 0.2) is 0 Å². The summed E-state index contributed by atoms with van der Waals surface area (Å²) in [6.07, 6.45) is 0.412. The van der Waals surface area contributed by atoms with Crippen LogP contribution in [0.25, 0.3) is 0 Å². The van der Waals surface area contributed by atoms with Crippen LogP contribution < -0.4 is 5.32 Å². The third-order valence-electron chi connectivity index (χ3n) is 2.71. The molecule has 3 nitrogen and oxygen atoms in total. The maximum Gasteiger partial charge on any atom is 0.108 e. The van der Waals surface area contributed by atoms with E-state index < -0.39 is 0 Å². The van der Waals surface area contributed by atoms with Gasteiger partial charge in [0.1, 0.15) is 6.61 Å². The Labute approximate surface area is 108 Å². The number of rotatable bonds is 3. The lowest BCUT2D eigenvalue weighted by atomic mass is 10.2. The van der Waals surface area contributed by atoms with Gasteiger partial charge in [-0.3, -0.25) is 0 Å². The fourth-order valence-corrected chi connectivity index (χ4v) is 1.87. The average molecular weight is 245 g/mol. The van der Waals surface area contributed by atoms with E-state index in [2.05, 4.69) is 24.1 Å². The van der Waals surface area contributed by atoms with Crippen molar-refractivity contribution in [3.05, 3.63) is 35.9 Å². The number of benzene rings is 1. The minimum absolute atomic E-state index is 0.146. The molecule has 0 radical (unpaired) electrons. The molecule has 0 spiro atoms. The molecule has 0 amide bonds. The Balaban J connectivity index is 1.66. The van der Waals surface area contributed by atoms with Crippen molar-refractivity contribution in [2.75, 3.05) is 26.3 Å². The second-order valence-electron chi connectivity index (χ2n) is 4.41. The van der Waals surface area contributed by atoms with Crippen LogP contribution in [0.3, 0.4) is 0 Å². The molecule has 0 aliphatic carbocycles. The normalized spacial score (nSPS) is 23.2. The first-order valence-corrected chi connectivity index (χ1v) is 6.32. The Kier molecular flexibility index (Phi) is 5.22. The highest BCUT2D eigenvalue weighted by atomic mass is 16.5. The highest BCUT2D eigenvalue weighted by molar-refractivity contribution is 5.33. The van der Waals surface area contributed by atoms with Crippen molar-refractivity contribution in [2.45, 2.75) is 19.1 Å². The van der Waals surface area contributed by atoms with Crippen molar-refractivity contribution >= 4 is 0 Å². The zero-order chi connectivity index (χ0) is 12.6. The number of hydrogen-bond donors (Lipinski definition) is 1. The predicted molar refractivity (Wildman–Crippen MR) is 71.3 cm³/mol. The minimum atomic E-state index is 0.146. The summed E-state index contributed by atoms with van der Waals surface area (Å²) in [4.78, 5) is 0. The summed E-state index contributed by atoms with van der Waals surface area (Å²) in [6.45, 7) is 4.89. The summed E-state index contributed by atoms with van der Waals surface area (Å²) >= 11 is 0. The SMILES string of the molecule is CC1CNCC(COCC#Cc2ccccc2)O1. The Bertz CT molecular complexity index is 407. The van der Waals surface area contributed by atoms with Crippen molar-refractivity contribution in [3.63, 3.8) is 0 Å². The number of morpholine rings is 1. The predicted octanol–water partition coefficient (Wildman–Crippen LogP) is 1.43. The molecular formula is C15H19NO2. The molecule has 96 valence electrons. The van der Waals surface area contributed by atoms with E-state index in [1.165, 1.54) is 0 Å². The standard InChI is InChI=1S/C15H19NO2/c1-13-10-16-11-15(18-13)12-17-9-5-8-14-6-3-2-4-7-14/h2-4,6-7,13,15-16H,9-12H2,1H3. The van der Waals surface area contributed by atoms with Gasteiger partial charge in [-0.15, -0.1) is 0 Å². The minimum Gasteiger partial charge on any atom is -0.370 e. The molecule has 1 saturated heterocycles. The van der Waals surface area contributed by atoms with E-state index in [1.807, 2.05) is 30.3 Å². The molecule has 1 aliphatic heterocycles. The van der Waals surface area contributed by atoms with Crippen LogP contribution >= 0.6 is 0 Å². The van der Waals surface area contributed by atoms with E-state index in [1.54, 1.807) is 0 Å². The number of hydrogen-bond acceptors (Lipinski definition) is 3. The van der Waals surface area contributed by atoms with Gasteiger partial charge in [-0.1, -0.05) is 30.0 Å². The maximum absolute atomic E-state index is 5.72. The largest absolute Gasteiger partial charge is 0.370 e. The molecule has 1 aromatic carbocycles. The van der Waals surface area contributed by atoms with Crippen LogP contribution in [0.5, 0.6) is 0 Å². The van der Waals surface area contributed by atoms with E-state index in [0.717, 1.165) is 18.7 Å². The van der Waals surface area contributed by atoms with Gasteiger partial charge in [0, 0.05) is 18.7 Å². The molecule has 3 heteroatoms. The van der Waals surface area contributed by atoms with Gasteiger partial charge in [-0.25, -0.2) is 0 Å². The summed E-state index contributed by atoms with van der Waals surface area (Å²) in [5.41, 5.74) is 1.02. The lowest BCUT2D eigenvalue weighted by molar-refractivity contribution is -0.0642. The molecule has 2 atom stereocenters. The van der Waals surface area contributed by atoms with E-state index in [-0.39, 0.29) is 12.2 Å². The lowest BCUT2D eigenvalue weighted by Gasteiger charge is -2.28. The Morgan fingerprint density at radius 3 is 2.94 bits per heavy atom. The summed E-state index contributed by atoms with van der Waals surface area (Å²) in [6, 6.07) is 9.92. The summed E-state index contributed by atoms with van der Waals surface area (Å²) in [5.74, 6) is 6.06. The van der Waals surface area contributed by atoms with Crippen molar-refractivity contribution < 1.29 is 9.47 Å². The molecule has 1 aromatic rings. The molecule has 1 heterocycles.